The molecule has 0 saturated heterocycles. The van der Waals surface area contributed by atoms with E-state index in [0.29, 0.717) is 5.90 Å². The summed E-state index contributed by atoms with van der Waals surface area (Å²) < 4.78 is 9.84. The molecule has 0 unspecified atom stereocenters. The Labute approximate surface area is 397 Å². The number of pyridine rings is 1. The number of aliphatic imine (C=N–C) groups is 1. The molecule has 0 amide bonds. The standard InChI is InChI=1S/C62H64N4O/c1-33(2)41-27-42(59-64-58-47-25-35(4)37(6)39(8)56(47)57-40(9)38(7)36(5)26-50(57)62(58,15)67-59)29-44(28-41)65-52-19-17-16-18-48(52)61(13,14)49-31-46-45-24-34(3)20-21-51(45)66(53(46)32-54(49)65)55-30-43(22-23-63-55)60(10,11)12/h16-33,58H,1-15H3/t58-,62+/m1/s1. The Hall–Kier alpha value is -6.46. The molecule has 0 fully saturated rings. The molecule has 0 spiro atoms. The van der Waals surface area contributed by atoms with E-state index in [-0.39, 0.29) is 22.8 Å². The summed E-state index contributed by atoms with van der Waals surface area (Å²) >= 11 is 0. The molecule has 5 nitrogen and oxygen atoms in total. The molecule has 1 aliphatic carbocycles. The van der Waals surface area contributed by atoms with Crippen molar-refractivity contribution in [3.63, 3.8) is 0 Å². The number of hydrogen-bond acceptors (Lipinski definition) is 4. The van der Waals surface area contributed by atoms with Gasteiger partial charge in [0.05, 0.1) is 22.4 Å². The average Bonchev–Trinajstić information content (AvgIpc) is 3.82. The third kappa shape index (κ3) is 6.18. The van der Waals surface area contributed by atoms with Gasteiger partial charge in [0.1, 0.15) is 11.9 Å². The Bertz CT molecular complexity index is 3480. The number of ether oxygens (including phenoxy) is 1. The summed E-state index contributed by atoms with van der Waals surface area (Å²) in [7, 11) is 0. The van der Waals surface area contributed by atoms with Crippen molar-refractivity contribution in [1.29, 1.82) is 0 Å². The monoisotopic (exact) mass is 881 g/mol. The topological polar surface area (TPSA) is 42.7 Å². The van der Waals surface area contributed by atoms with Gasteiger partial charge in [0.2, 0.25) is 5.90 Å². The second-order valence-corrected chi connectivity index (χ2v) is 22.2. The number of fused-ring (bicyclic) bond motifs is 11. The molecule has 2 aliphatic heterocycles. The maximum atomic E-state index is 7.45. The van der Waals surface area contributed by atoms with Gasteiger partial charge in [-0.05, 0) is 200 Å². The maximum absolute atomic E-state index is 7.45. The van der Waals surface area contributed by atoms with Crippen molar-refractivity contribution in [3.05, 3.63) is 181 Å². The number of para-hydroxylation sites is 1. The van der Waals surface area contributed by atoms with E-state index in [4.69, 9.17) is 14.7 Å². The smallest absolute Gasteiger partial charge is 0.217 e. The van der Waals surface area contributed by atoms with Gasteiger partial charge in [-0.3, -0.25) is 4.57 Å². The summed E-state index contributed by atoms with van der Waals surface area (Å²) in [5, 5.41) is 2.47. The Morgan fingerprint density at radius 2 is 1.34 bits per heavy atom. The van der Waals surface area contributed by atoms with Gasteiger partial charge in [0.25, 0.3) is 0 Å². The summed E-state index contributed by atoms with van der Waals surface area (Å²) in [6.45, 7) is 34.2. The molecule has 8 aromatic rings. The summed E-state index contributed by atoms with van der Waals surface area (Å²) in [5.74, 6) is 1.88. The molecule has 5 heteroatoms. The van der Waals surface area contributed by atoms with E-state index < -0.39 is 5.60 Å². The molecule has 338 valence electrons. The van der Waals surface area contributed by atoms with Crippen LogP contribution in [0.2, 0.25) is 0 Å². The van der Waals surface area contributed by atoms with Crippen LogP contribution in [0.4, 0.5) is 17.1 Å². The fourth-order valence-corrected chi connectivity index (χ4v) is 11.8. The van der Waals surface area contributed by atoms with Crippen molar-refractivity contribution in [2.75, 3.05) is 4.90 Å². The Balaban J connectivity index is 1.16. The van der Waals surface area contributed by atoms with Crippen molar-refractivity contribution >= 4 is 44.8 Å². The molecule has 2 atom stereocenters. The lowest BCUT2D eigenvalue weighted by atomic mass is 9.69. The lowest BCUT2D eigenvalue weighted by Gasteiger charge is -2.42. The normalized spacial score (nSPS) is 18.1. The third-order valence-corrected chi connectivity index (χ3v) is 16.2. The van der Waals surface area contributed by atoms with Crippen molar-refractivity contribution < 1.29 is 4.74 Å². The van der Waals surface area contributed by atoms with Crippen LogP contribution >= 0.6 is 0 Å². The minimum Gasteiger partial charge on any atom is -0.464 e. The Morgan fingerprint density at radius 1 is 0.642 bits per heavy atom. The molecule has 0 radical (unpaired) electrons. The average molecular weight is 881 g/mol. The van der Waals surface area contributed by atoms with Crippen LogP contribution in [0.3, 0.4) is 0 Å². The van der Waals surface area contributed by atoms with Crippen molar-refractivity contribution in [1.82, 2.24) is 9.55 Å². The molecule has 11 rings (SSSR count). The zero-order chi connectivity index (χ0) is 47.4. The van der Waals surface area contributed by atoms with E-state index in [1.165, 1.54) is 99.9 Å². The minimum absolute atomic E-state index is 0.0287. The van der Waals surface area contributed by atoms with Crippen LogP contribution in [0.1, 0.15) is 145 Å². The highest BCUT2D eigenvalue weighted by Gasteiger charge is 2.52. The summed E-state index contributed by atoms with van der Waals surface area (Å²) in [4.78, 5) is 13.3. The fraction of sp³-hybridized carbons (Fsp3) is 0.323. The molecule has 0 N–H and O–H groups in total. The van der Waals surface area contributed by atoms with Gasteiger partial charge in [-0.1, -0.05) is 90.4 Å². The van der Waals surface area contributed by atoms with E-state index in [1.54, 1.807) is 0 Å². The molecule has 6 aromatic carbocycles. The van der Waals surface area contributed by atoms with E-state index >= 15 is 0 Å². The first kappa shape index (κ1) is 43.1. The van der Waals surface area contributed by atoms with Gasteiger partial charge in [0, 0.05) is 39.2 Å². The fourth-order valence-electron chi connectivity index (χ4n) is 11.8. The second kappa shape index (κ2) is 14.5. The van der Waals surface area contributed by atoms with Crippen LogP contribution in [0.15, 0.2) is 108 Å². The Morgan fingerprint density at radius 3 is 2.07 bits per heavy atom. The zero-order valence-corrected chi connectivity index (χ0v) is 42.2. The van der Waals surface area contributed by atoms with Crippen LogP contribution in [0.5, 0.6) is 0 Å². The molecule has 67 heavy (non-hydrogen) atoms. The number of benzene rings is 6. The van der Waals surface area contributed by atoms with Crippen LogP contribution in [0.25, 0.3) is 38.8 Å². The minimum atomic E-state index is -0.687. The van der Waals surface area contributed by atoms with E-state index in [1.807, 2.05) is 6.20 Å². The molecular formula is C62H64N4O. The number of hydrogen-bond donors (Lipinski definition) is 0. The van der Waals surface area contributed by atoms with Gasteiger partial charge in [-0.15, -0.1) is 0 Å². The molecule has 3 aliphatic rings. The molecule has 2 aromatic heterocycles. The lowest BCUT2D eigenvalue weighted by Crippen LogP contribution is -2.34. The van der Waals surface area contributed by atoms with Crippen molar-refractivity contribution in [3.8, 4) is 16.9 Å². The van der Waals surface area contributed by atoms with E-state index in [0.717, 1.165) is 33.8 Å². The first-order valence-electron chi connectivity index (χ1n) is 24.3. The van der Waals surface area contributed by atoms with Crippen LogP contribution in [-0.4, -0.2) is 15.4 Å². The first-order valence-corrected chi connectivity index (χ1v) is 24.3. The molecule has 0 saturated carbocycles. The van der Waals surface area contributed by atoms with Gasteiger partial charge in [0.15, 0.2) is 5.60 Å². The van der Waals surface area contributed by atoms with Crippen molar-refractivity contribution in [2.45, 2.75) is 132 Å². The Kier molecular flexibility index (Phi) is 9.35. The van der Waals surface area contributed by atoms with Gasteiger partial charge >= 0.3 is 0 Å². The highest BCUT2D eigenvalue weighted by Crippen LogP contribution is 2.59. The number of aromatic nitrogens is 2. The SMILES string of the molecule is Cc1ccc2c(c1)c1cc3c(cc1n2-c1cc(C(C)(C)C)ccn1)N(c1cc(C2=N[C@@H]4c5cc(C)c(C)c(C)c5-c5c(cc(C)c(C)c5C)[C@]4(C)O2)cc(C(C)C)c1)c1ccccc1C3(C)C. The van der Waals surface area contributed by atoms with Crippen LogP contribution in [-0.2, 0) is 21.2 Å². The summed E-state index contributed by atoms with van der Waals surface area (Å²) in [5.41, 5.74) is 25.1. The highest BCUT2D eigenvalue weighted by atomic mass is 16.5. The first-order chi connectivity index (χ1) is 31.7. The van der Waals surface area contributed by atoms with E-state index in [2.05, 4.69) is 210 Å². The van der Waals surface area contributed by atoms with Crippen molar-refractivity contribution in [2.24, 2.45) is 4.99 Å². The number of rotatable bonds is 4. The van der Waals surface area contributed by atoms with Crippen LogP contribution in [0, 0.1) is 48.5 Å². The molecule has 0 bridgehead atoms. The second-order valence-electron chi connectivity index (χ2n) is 22.2. The van der Waals surface area contributed by atoms with Crippen LogP contribution < -0.4 is 4.90 Å². The van der Waals surface area contributed by atoms with Gasteiger partial charge in [-0.2, -0.15) is 0 Å². The summed E-state index contributed by atoms with van der Waals surface area (Å²) in [6, 6.07) is 36.8. The lowest BCUT2D eigenvalue weighted by molar-refractivity contribution is 0.0725. The van der Waals surface area contributed by atoms with E-state index in [9.17, 15) is 0 Å². The molecular weight excluding hydrogens is 817 g/mol. The highest BCUT2D eigenvalue weighted by molar-refractivity contribution is 6.12. The number of anilines is 3. The number of nitrogens with zero attached hydrogens (tertiary/aromatic N) is 4. The molecule has 4 heterocycles. The van der Waals surface area contributed by atoms with Gasteiger partial charge in [-0.25, -0.2) is 9.98 Å². The van der Waals surface area contributed by atoms with Gasteiger partial charge < -0.3 is 9.64 Å². The largest absolute Gasteiger partial charge is 0.464 e. The zero-order valence-electron chi connectivity index (χ0n) is 42.2. The summed E-state index contributed by atoms with van der Waals surface area (Å²) in [6.07, 6.45) is 1.97. The third-order valence-electron chi connectivity index (χ3n) is 16.2. The predicted molar refractivity (Wildman–Crippen MR) is 281 cm³/mol. The predicted octanol–water partition coefficient (Wildman–Crippen LogP) is 16.3. The maximum Gasteiger partial charge on any atom is 0.217 e. The quantitative estimate of drug-likeness (QED) is 0.177. The number of aryl methyl sites for hydroxylation is 3.